The molecule has 1 heterocycles. The van der Waals surface area contributed by atoms with Gasteiger partial charge in [0.1, 0.15) is 0 Å². The number of hydrogen-bond acceptors (Lipinski definition) is 10. The summed E-state index contributed by atoms with van der Waals surface area (Å²) in [6, 6.07) is 10.9. The number of halogens is 1. The van der Waals surface area contributed by atoms with Gasteiger partial charge in [-0.3, -0.25) is 0 Å². The van der Waals surface area contributed by atoms with Crippen LogP contribution in [0.5, 0.6) is 0 Å². The van der Waals surface area contributed by atoms with E-state index in [0.29, 0.717) is 28.5 Å². The van der Waals surface area contributed by atoms with Crippen LogP contribution < -0.4 is 9.55 Å². The summed E-state index contributed by atoms with van der Waals surface area (Å²) in [7, 11) is 4.69. The van der Waals surface area contributed by atoms with Crippen molar-refractivity contribution >= 4 is 65.3 Å². The van der Waals surface area contributed by atoms with Gasteiger partial charge in [0.05, 0.1) is 0 Å². The zero-order chi connectivity index (χ0) is 34.3. The van der Waals surface area contributed by atoms with Gasteiger partial charge in [-0.05, 0) is 19.3 Å². The van der Waals surface area contributed by atoms with Crippen LogP contribution >= 0.6 is 24.1 Å². The van der Waals surface area contributed by atoms with E-state index >= 15 is 0 Å². The summed E-state index contributed by atoms with van der Waals surface area (Å²) >= 11 is 1.09. The maximum Gasteiger partial charge on any atom is 0.0433 e. The summed E-state index contributed by atoms with van der Waals surface area (Å²) < 4.78 is 24.2. The normalized spacial score (nSPS) is 14.7. The Morgan fingerprint density at radius 3 is 2.35 bits per heavy atom. The predicted molar refractivity (Wildman–Crippen MR) is 199 cm³/mol. The van der Waals surface area contributed by atoms with E-state index in [4.69, 9.17) is 4.74 Å². The number of rotatable bonds is 13. The van der Waals surface area contributed by atoms with Crippen molar-refractivity contribution in [3.05, 3.63) is 101 Å². The minimum absolute atomic E-state index is 0.0138. The molecule has 1 aliphatic rings. The monoisotopic (exact) mass is 665 g/mol. The molecule has 0 aliphatic heterocycles. The predicted octanol–water partition coefficient (Wildman–Crippen LogP) is 7.70. The Morgan fingerprint density at radius 1 is 1.17 bits per heavy atom. The molecule has 1 aromatic carbocycles. The second-order valence-corrected chi connectivity index (χ2v) is 10.7. The van der Waals surface area contributed by atoms with Gasteiger partial charge < -0.3 is 4.74 Å². The topological polar surface area (TPSA) is 97.2 Å². The van der Waals surface area contributed by atoms with Gasteiger partial charge in [-0.15, -0.1) is 0 Å². The molecule has 8 nitrogen and oxygen atoms in total. The Balaban J connectivity index is 0.00000163. The van der Waals surface area contributed by atoms with Gasteiger partial charge in [-0.2, -0.15) is 0 Å². The molecular weight excluding hydrogens is 620 g/mol. The van der Waals surface area contributed by atoms with Crippen LogP contribution in [0.1, 0.15) is 68.2 Å². The number of carbonyl (C=O) groups excluding carboxylic acids is 1. The second-order valence-electron chi connectivity index (χ2n) is 9.40. The molecule has 246 valence electrons. The van der Waals surface area contributed by atoms with Gasteiger partial charge in [0.25, 0.3) is 0 Å². The molecule has 0 saturated heterocycles. The number of allylic oxidation sites excluding steroid dienone is 7. The fourth-order valence-electron chi connectivity index (χ4n) is 3.83. The number of nitrogens with one attached hydrogen (secondary N) is 2. The number of nitrogens with zero attached hydrogens (tertiary/aromatic N) is 3. The minimum atomic E-state index is -0.418. The number of hydrogen-bond donors (Lipinski definition) is 2. The molecule has 1 aliphatic carbocycles. The van der Waals surface area contributed by atoms with E-state index in [1.54, 1.807) is 63.0 Å². The van der Waals surface area contributed by atoms with Crippen LogP contribution in [-0.4, -0.2) is 62.9 Å². The van der Waals surface area contributed by atoms with Crippen LogP contribution in [0.25, 0.3) is 11.1 Å². The zero-order valence-electron chi connectivity index (χ0n) is 28.0. The number of carbonyl (C=O) groups is 1. The molecule has 1 aromatic heterocycles. The van der Waals surface area contributed by atoms with E-state index in [1.807, 2.05) is 39.8 Å². The smallest absolute Gasteiger partial charge is 0.0433 e. The molecule has 12 heteroatoms. The average molecular weight is 666 g/mol. The number of pyridine rings is 1. The summed E-state index contributed by atoms with van der Waals surface area (Å²) in [5.41, 5.74) is 9.95. The number of benzene rings is 1. The average Bonchev–Trinajstić information content (AvgIpc) is 3.10. The molecular formula is C34H45BFN5O3S2. The zero-order valence-corrected chi connectivity index (χ0v) is 29.6. The Morgan fingerprint density at radius 2 is 1.83 bits per heavy atom. The molecule has 0 saturated carbocycles. The van der Waals surface area contributed by atoms with E-state index in [9.17, 15) is 8.68 Å². The van der Waals surface area contributed by atoms with Gasteiger partial charge in [-0.1, -0.05) is 39.0 Å². The third kappa shape index (κ3) is 13.8. The van der Waals surface area contributed by atoms with E-state index in [0.717, 1.165) is 52.8 Å². The molecule has 0 amide bonds. The Labute approximate surface area is 283 Å². The van der Waals surface area contributed by atoms with Gasteiger partial charge in [0.15, 0.2) is 0 Å². The Hall–Kier alpha value is -3.58. The summed E-state index contributed by atoms with van der Waals surface area (Å²) in [5.74, 6) is 1.93. The molecule has 0 fully saturated rings. The number of esters is 1. The fourth-order valence-corrected chi connectivity index (χ4v) is 4.40. The van der Waals surface area contributed by atoms with Crippen molar-refractivity contribution in [1.29, 1.82) is 0 Å². The van der Waals surface area contributed by atoms with Gasteiger partial charge >= 0.3 is 207 Å². The Kier molecular flexibility index (Phi) is 20.9. The van der Waals surface area contributed by atoms with Crippen molar-refractivity contribution in [3.8, 4) is 0 Å². The van der Waals surface area contributed by atoms with Crippen molar-refractivity contribution in [2.75, 3.05) is 27.9 Å². The third-order valence-electron chi connectivity index (χ3n) is 6.33. The number of aromatic nitrogens is 1. The van der Waals surface area contributed by atoms with Gasteiger partial charge in [0.2, 0.25) is 0 Å². The standard InChI is InChI=1S/C29H31BFN5O2S2.C3H8O.C2H6/c1-19-6-8-22(9-7-19)27-15-14-25(18-33-27)20(2)17-34-35-21(3)26(16-30-39-36-40-31)28(32-4)23-10-12-24(13-11-23)29(37)38-5;1-3-4-2;1-2/h6,8-19,35-36H,2,7H2,1,3-5H3;3H2,1-2H3;1-2H3/b26-21-,32-28?,34-17-;;. The van der Waals surface area contributed by atoms with Crippen LogP contribution in [0.3, 0.4) is 0 Å². The van der Waals surface area contributed by atoms with Crippen molar-refractivity contribution in [2.45, 2.75) is 41.0 Å². The molecule has 3 rings (SSSR count). The summed E-state index contributed by atoms with van der Waals surface area (Å²) in [4.78, 5) is 20.9. The molecule has 0 spiro atoms. The first-order valence-electron chi connectivity index (χ1n) is 14.8. The van der Waals surface area contributed by atoms with Crippen molar-refractivity contribution in [2.24, 2.45) is 16.0 Å². The number of ether oxygens (including phenoxy) is 2. The number of aliphatic imine (C=N–C) groups is 1. The van der Waals surface area contributed by atoms with Crippen molar-refractivity contribution in [3.63, 3.8) is 0 Å². The van der Waals surface area contributed by atoms with Crippen LogP contribution in [0.4, 0.5) is 3.89 Å². The first kappa shape index (κ1) is 40.4. The van der Waals surface area contributed by atoms with Gasteiger partial charge in [-0.25, -0.2) is 0 Å². The van der Waals surface area contributed by atoms with Crippen LogP contribution in [-0.2, 0) is 9.47 Å². The van der Waals surface area contributed by atoms with Crippen LogP contribution in [0, 0.1) is 5.92 Å². The number of hydrazone groups is 1. The van der Waals surface area contributed by atoms with E-state index in [-0.39, 0.29) is 12.3 Å². The summed E-state index contributed by atoms with van der Waals surface area (Å²) in [6.45, 7) is 14.9. The fraction of sp³-hybridized carbons (Fsp3) is 0.324. The SMILES string of the molecule is C=C(/C=N\N/C(C)=C(/C=BSNSF)C(=NC)c1ccc(C(=O)OC)cc1)c1ccc(C2=CCC(C)C=C2)nc1.CC.CCOC. The Bertz CT molecular complexity index is 1420. The first-order valence-corrected chi connectivity index (χ1v) is 16.4. The summed E-state index contributed by atoms with van der Waals surface area (Å²) in [6.07, 6.45) is 12.7. The minimum Gasteiger partial charge on any atom is -0.385 e. The molecule has 2 N–H and O–H groups in total. The van der Waals surface area contributed by atoms with Crippen LogP contribution in [0.2, 0.25) is 0 Å². The maximum absolute atomic E-state index is 12.4. The molecule has 1 unspecified atom stereocenters. The first-order chi connectivity index (χ1) is 22.3. The largest absolute Gasteiger partial charge is 0.385 e. The molecule has 0 bridgehead atoms. The molecule has 1 atom stereocenters. The van der Waals surface area contributed by atoms with E-state index in [2.05, 4.69) is 61.1 Å². The van der Waals surface area contributed by atoms with Crippen LogP contribution in [0.15, 0.2) is 88.8 Å². The number of methoxy groups -OCH3 is 2. The quantitative estimate of drug-likeness (QED) is 0.0561. The summed E-state index contributed by atoms with van der Waals surface area (Å²) in [5, 5.41) is 4.37. The van der Waals surface area contributed by atoms with E-state index < -0.39 is 5.97 Å². The maximum atomic E-state index is 12.4. The molecule has 2 aromatic rings. The third-order valence-corrected chi connectivity index (χ3v) is 7.24. The van der Waals surface area contributed by atoms with Crippen molar-refractivity contribution < 1.29 is 18.2 Å². The van der Waals surface area contributed by atoms with Gasteiger partial charge in [0, 0.05) is 13.7 Å². The van der Waals surface area contributed by atoms with Crippen molar-refractivity contribution in [1.82, 2.24) is 14.5 Å². The molecule has 0 radical (unpaired) electrons. The van der Waals surface area contributed by atoms with E-state index in [1.165, 1.54) is 7.11 Å². The second kappa shape index (κ2) is 23.7. The molecule has 46 heavy (non-hydrogen) atoms.